The molecular formula is C9H13NO. The average molecular weight is 151 g/mol. The second-order valence-corrected chi connectivity index (χ2v) is 2.96. The fourth-order valence-electron chi connectivity index (χ4n) is 0.997. The van der Waals surface area contributed by atoms with E-state index in [1.807, 2.05) is 12.2 Å². The summed E-state index contributed by atoms with van der Waals surface area (Å²) in [6, 6.07) is 0. The van der Waals surface area contributed by atoms with Gasteiger partial charge in [-0.3, -0.25) is 4.79 Å². The normalized spacial score (nSPS) is 17.7. The molecule has 1 aliphatic heterocycles. The molecule has 0 saturated heterocycles. The maximum absolute atomic E-state index is 10.8. The molecule has 11 heavy (non-hydrogen) atoms. The standard InChI is InChI=1S/C9H13NO/c1-7(2)8-3-4-9(11)10-6-5-8/h3,5-7H,4H2,1-2H3,(H,10,11). The first-order valence-electron chi connectivity index (χ1n) is 3.86. The largest absolute Gasteiger partial charge is 0.332 e. The van der Waals surface area contributed by atoms with E-state index in [4.69, 9.17) is 0 Å². The van der Waals surface area contributed by atoms with E-state index in [1.54, 1.807) is 6.20 Å². The zero-order valence-electron chi connectivity index (χ0n) is 6.92. The lowest BCUT2D eigenvalue weighted by Crippen LogP contribution is -2.13. The molecule has 0 aromatic rings. The highest BCUT2D eigenvalue weighted by Gasteiger charge is 2.04. The molecule has 1 N–H and O–H groups in total. The van der Waals surface area contributed by atoms with E-state index in [0.29, 0.717) is 12.3 Å². The van der Waals surface area contributed by atoms with Crippen molar-refractivity contribution in [2.75, 3.05) is 0 Å². The van der Waals surface area contributed by atoms with Gasteiger partial charge >= 0.3 is 0 Å². The number of hydrogen-bond donors (Lipinski definition) is 1. The first kappa shape index (κ1) is 8.05. The summed E-state index contributed by atoms with van der Waals surface area (Å²) >= 11 is 0. The molecule has 2 nitrogen and oxygen atoms in total. The van der Waals surface area contributed by atoms with E-state index in [1.165, 1.54) is 5.57 Å². The third kappa shape index (κ3) is 2.22. The molecule has 1 heterocycles. The van der Waals surface area contributed by atoms with Crippen molar-refractivity contribution in [1.82, 2.24) is 5.32 Å². The summed E-state index contributed by atoms with van der Waals surface area (Å²) in [6.07, 6.45) is 6.14. The summed E-state index contributed by atoms with van der Waals surface area (Å²) in [5.41, 5.74) is 1.23. The number of carbonyl (C=O) groups excluding carboxylic acids is 1. The van der Waals surface area contributed by atoms with Gasteiger partial charge in [-0.1, -0.05) is 19.9 Å². The van der Waals surface area contributed by atoms with E-state index >= 15 is 0 Å². The lowest BCUT2D eigenvalue weighted by atomic mass is 10.0. The number of carbonyl (C=O) groups is 1. The van der Waals surface area contributed by atoms with Crippen LogP contribution in [0.1, 0.15) is 20.3 Å². The highest BCUT2D eigenvalue weighted by Crippen LogP contribution is 2.12. The summed E-state index contributed by atoms with van der Waals surface area (Å²) < 4.78 is 0. The molecule has 0 spiro atoms. The minimum Gasteiger partial charge on any atom is -0.332 e. The Bertz CT molecular complexity index is 214. The Morgan fingerprint density at radius 3 is 2.91 bits per heavy atom. The van der Waals surface area contributed by atoms with Gasteiger partial charge in [0.2, 0.25) is 5.91 Å². The molecule has 0 unspecified atom stereocenters. The van der Waals surface area contributed by atoms with Gasteiger partial charge < -0.3 is 5.32 Å². The smallest absolute Gasteiger partial charge is 0.227 e. The van der Waals surface area contributed by atoms with Gasteiger partial charge in [-0.05, 0) is 17.6 Å². The van der Waals surface area contributed by atoms with Crippen LogP contribution in [0.15, 0.2) is 23.9 Å². The molecule has 0 bridgehead atoms. The van der Waals surface area contributed by atoms with Crippen molar-refractivity contribution in [2.45, 2.75) is 20.3 Å². The highest BCUT2D eigenvalue weighted by molar-refractivity contribution is 5.79. The molecule has 60 valence electrons. The van der Waals surface area contributed by atoms with Crippen molar-refractivity contribution in [3.8, 4) is 0 Å². The van der Waals surface area contributed by atoms with Crippen LogP contribution in [0, 0.1) is 5.92 Å². The van der Waals surface area contributed by atoms with Gasteiger partial charge in [0.15, 0.2) is 0 Å². The maximum Gasteiger partial charge on any atom is 0.227 e. The van der Waals surface area contributed by atoms with Gasteiger partial charge in [0.1, 0.15) is 0 Å². The predicted molar refractivity (Wildman–Crippen MR) is 44.8 cm³/mol. The quantitative estimate of drug-likeness (QED) is 0.606. The average Bonchev–Trinajstić information content (AvgIpc) is 2.13. The van der Waals surface area contributed by atoms with Crippen LogP contribution in [0.4, 0.5) is 0 Å². The zero-order valence-corrected chi connectivity index (χ0v) is 6.92. The van der Waals surface area contributed by atoms with Crippen molar-refractivity contribution < 1.29 is 4.79 Å². The number of rotatable bonds is 1. The first-order chi connectivity index (χ1) is 5.20. The summed E-state index contributed by atoms with van der Waals surface area (Å²) in [6.45, 7) is 4.23. The molecular weight excluding hydrogens is 138 g/mol. The summed E-state index contributed by atoms with van der Waals surface area (Å²) in [5.74, 6) is 0.566. The molecule has 0 radical (unpaired) electrons. The van der Waals surface area contributed by atoms with E-state index in [0.717, 1.165) is 0 Å². The lowest BCUT2D eigenvalue weighted by molar-refractivity contribution is -0.119. The van der Waals surface area contributed by atoms with Crippen LogP contribution in [0.2, 0.25) is 0 Å². The lowest BCUT2D eigenvalue weighted by Gasteiger charge is -2.02. The van der Waals surface area contributed by atoms with Crippen LogP contribution in [0.3, 0.4) is 0 Å². The van der Waals surface area contributed by atoms with Gasteiger partial charge in [-0.15, -0.1) is 0 Å². The fraction of sp³-hybridized carbons (Fsp3) is 0.444. The minimum atomic E-state index is 0.0666. The first-order valence-corrected chi connectivity index (χ1v) is 3.86. The van der Waals surface area contributed by atoms with Crippen molar-refractivity contribution in [3.63, 3.8) is 0 Å². The van der Waals surface area contributed by atoms with Crippen molar-refractivity contribution in [2.24, 2.45) is 5.92 Å². The topological polar surface area (TPSA) is 29.1 Å². The summed E-state index contributed by atoms with van der Waals surface area (Å²) in [7, 11) is 0. The molecule has 0 atom stereocenters. The monoisotopic (exact) mass is 151 g/mol. The second-order valence-electron chi connectivity index (χ2n) is 2.96. The van der Waals surface area contributed by atoms with Crippen molar-refractivity contribution >= 4 is 5.91 Å². The van der Waals surface area contributed by atoms with E-state index in [2.05, 4.69) is 19.2 Å². The molecule has 0 fully saturated rings. The van der Waals surface area contributed by atoms with Gasteiger partial charge in [0.05, 0.1) is 0 Å². The third-order valence-electron chi connectivity index (χ3n) is 1.71. The number of hydrogen-bond acceptors (Lipinski definition) is 1. The van der Waals surface area contributed by atoms with Gasteiger partial charge in [-0.2, -0.15) is 0 Å². The van der Waals surface area contributed by atoms with E-state index in [9.17, 15) is 4.79 Å². The molecule has 1 rings (SSSR count). The highest BCUT2D eigenvalue weighted by atomic mass is 16.1. The van der Waals surface area contributed by atoms with Gasteiger partial charge in [0.25, 0.3) is 0 Å². The van der Waals surface area contributed by atoms with E-state index in [-0.39, 0.29) is 5.91 Å². The summed E-state index contributed by atoms with van der Waals surface area (Å²) in [5, 5.41) is 2.66. The molecule has 1 amide bonds. The van der Waals surface area contributed by atoms with Crippen LogP contribution in [-0.2, 0) is 4.79 Å². The Labute approximate surface area is 67.0 Å². The second kappa shape index (κ2) is 3.37. The van der Waals surface area contributed by atoms with Gasteiger partial charge in [0, 0.05) is 12.6 Å². The number of nitrogens with one attached hydrogen (secondary N) is 1. The van der Waals surface area contributed by atoms with Gasteiger partial charge in [-0.25, -0.2) is 0 Å². The molecule has 0 saturated carbocycles. The Morgan fingerprint density at radius 2 is 2.27 bits per heavy atom. The van der Waals surface area contributed by atoms with Crippen molar-refractivity contribution in [3.05, 3.63) is 23.9 Å². The molecule has 1 aliphatic rings. The van der Waals surface area contributed by atoms with Crippen LogP contribution >= 0.6 is 0 Å². The third-order valence-corrected chi connectivity index (χ3v) is 1.71. The van der Waals surface area contributed by atoms with Crippen LogP contribution < -0.4 is 5.32 Å². The Kier molecular flexibility index (Phi) is 2.47. The number of allylic oxidation sites excluding steroid dienone is 2. The van der Waals surface area contributed by atoms with Crippen LogP contribution in [0.25, 0.3) is 0 Å². The summed E-state index contributed by atoms with van der Waals surface area (Å²) in [4.78, 5) is 10.8. The van der Waals surface area contributed by atoms with Crippen LogP contribution in [0.5, 0.6) is 0 Å². The Balaban J connectivity index is 2.72. The van der Waals surface area contributed by atoms with Crippen LogP contribution in [-0.4, -0.2) is 5.91 Å². The fourth-order valence-corrected chi connectivity index (χ4v) is 0.997. The maximum atomic E-state index is 10.8. The Hall–Kier alpha value is -1.05. The Morgan fingerprint density at radius 1 is 1.55 bits per heavy atom. The minimum absolute atomic E-state index is 0.0666. The molecule has 2 heteroatoms. The van der Waals surface area contributed by atoms with E-state index < -0.39 is 0 Å². The van der Waals surface area contributed by atoms with Crippen molar-refractivity contribution in [1.29, 1.82) is 0 Å². The number of amides is 1. The molecule has 0 aromatic heterocycles. The molecule has 0 aliphatic carbocycles. The molecule has 0 aromatic carbocycles. The zero-order chi connectivity index (χ0) is 8.27. The SMILES string of the molecule is CC(C)C1=CCC(=O)NC=C1. The predicted octanol–water partition coefficient (Wildman–Crippen LogP) is 1.60.